The van der Waals surface area contributed by atoms with Crippen molar-refractivity contribution in [1.82, 2.24) is 5.32 Å². The van der Waals surface area contributed by atoms with Gasteiger partial charge in [-0.25, -0.2) is 4.79 Å². The number of rotatable bonds is 20. The average Bonchev–Trinajstić information content (AvgIpc) is 2.91. The van der Waals surface area contributed by atoms with E-state index in [1.165, 1.54) is 21.3 Å². The van der Waals surface area contributed by atoms with Gasteiger partial charge in [-0.1, -0.05) is 12.2 Å². The summed E-state index contributed by atoms with van der Waals surface area (Å²) in [6.45, 7) is 8.75. The van der Waals surface area contributed by atoms with Crippen LogP contribution in [-0.2, 0) is 47.4 Å². The Balaban J connectivity index is 2.87. The van der Waals surface area contributed by atoms with Crippen molar-refractivity contribution in [2.75, 3.05) is 82.2 Å². The predicted molar refractivity (Wildman–Crippen MR) is 135 cm³/mol. The summed E-state index contributed by atoms with van der Waals surface area (Å²) in [4.78, 5) is 12.9. The summed E-state index contributed by atoms with van der Waals surface area (Å²) in [6, 6.07) is 0. The molecule has 1 saturated heterocycles. The van der Waals surface area contributed by atoms with Crippen molar-refractivity contribution in [3.05, 3.63) is 25.3 Å². The minimum atomic E-state index is -0.778. The van der Waals surface area contributed by atoms with Crippen molar-refractivity contribution in [2.24, 2.45) is 0 Å². The Labute approximate surface area is 220 Å². The molecule has 216 valence electrons. The van der Waals surface area contributed by atoms with E-state index in [4.69, 9.17) is 47.4 Å². The normalized spacial score (nSPS) is 25.0. The Morgan fingerprint density at radius 3 is 2.05 bits per heavy atom. The van der Waals surface area contributed by atoms with Gasteiger partial charge in [0.25, 0.3) is 0 Å². The molecule has 1 N–H and O–H groups in total. The molecule has 0 aromatic carbocycles. The number of methoxy groups -OCH3 is 6. The van der Waals surface area contributed by atoms with Crippen LogP contribution in [0.2, 0.25) is 0 Å². The number of alkyl carbamates (subject to hydrolysis) is 1. The second-order valence-electron chi connectivity index (χ2n) is 8.20. The van der Waals surface area contributed by atoms with Gasteiger partial charge in [-0.15, -0.1) is 13.2 Å². The summed E-state index contributed by atoms with van der Waals surface area (Å²) in [7, 11) is 9.20. The van der Waals surface area contributed by atoms with E-state index in [1.807, 2.05) is 0 Å². The molecule has 0 aliphatic carbocycles. The SMILES string of the molecule is C=CCOC[C@@H](OC)[C@@H](OC)[C@H](OC)[C@H](CNC(=O)O[C@H]1[C@H](OC)[C@@H](OC)CO[C@@H]1COCC=C)OC. The van der Waals surface area contributed by atoms with E-state index in [2.05, 4.69) is 18.5 Å². The number of carbonyl (C=O) groups excluding carboxylic acids is 1. The fraction of sp³-hybridized carbons (Fsp3) is 0.800. The molecule has 1 rings (SSSR count). The minimum Gasteiger partial charge on any atom is -0.440 e. The van der Waals surface area contributed by atoms with Crippen LogP contribution >= 0.6 is 0 Å². The van der Waals surface area contributed by atoms with Gasteiger partial charge in [-0.05, 0) is 0 Å². The van der Waals surface area contributed by atoms with Crippen molar-refractivity contribution in [3.8, 4) is 0 Å². The zero-order chi connectivity index (χ0) is 27.6. The molecule has 0 aromatic rings. The van der Waals surface area contributed by atoms with Crippen molar-refractivity contribution in [1.29, 1.82) is 0 Å². The summed E-state index contributed by atoms with van der Waals surface area (Å²) in [5.74, 6) is 0. The number of nitrogens with one attached hydrogen (secondary N) is 1. The van der Waals surface area contributed by atoms with Gasteiger partial charge in [0.1, 0.15) is 42.7 Å². The first-order chi connectivity index (χ1) is 17.9. The summed E-state index contributed by atoms with van der Waals surface area (Å²) < 4.78 is 56.2. The average molecular weight is 536 g/mol. The summed E-state index contributed by atoms with van der Waals surface area (Å²) in [6.07, 6.45) is -1.93. The quantitative estimate of drug-likeness (QED) is 0.177. The molecular formula is C25H45NO11. The summed E-state index contributed by atoms with van der Waals surface area (Å²) >= 11 is 0. The lowest BCUT2D eigenvalue weighted by Gasteiger charge is -2.40. The third-order valence-electron chi connectivity index (χ3n) is 6.04. The first kappa shape index (κ1) is 33.4. The van der Waals surface area contributed by atoms with Gasteiger partial charge in [-0.2, -0.15) is 0 Å². The molecule has 1 aliphatic heterocycles. The van der Waals surface area contributed by atoms with E-state index in [9.17, 15) is 4.79 Å². The van der Waals surface area contributed by atoms with Gasteiger partial charge in [-0.3, -0.25) is 0 Å². The molecular weight excluding hydrogens is 490 g/mol. The smallest absolute Gasteiger partial charge is 0.407 e. The van der Waals surface area contributed by atoms with Crippen molar-refractivity contribution in [3.63, 3.8) is 0 Å². The number of ether oxygens (including phenoxy) is 10. The fourth-order valence-electron chi connectivity index (χ4n) is 4.11. The molecule has 0 saturated carbocycles. The Hall–Kier alpha value is -1.61. The Kier molecular flexibility index (Phi) is 17.6. The van der Waals surface area contributed by atoms with Gasteiger partial charge in [0.2, 0.25) is 0 Å². The molecule has 0 bridgehead atoms. The van der Waals surface area contributed by atoms with Crippen LogP contribution in [-0.4, -0.2) is 137 Å². The predicted octanol–water partition coefficient (Wildman–Crippen LogP) is 0.975. The van der Waals surface area contributed by atoms with E-state index < -0.39 is 54.9 Å². The Morgan fingerprint density at radius 1 is 0.892 bits per heavy atom. The molecule has 0 aromatic heterocycles. The minimum absolute atomic E-state index is 0.0637. The first-order valence-electron chi connectivity index (χ1n) is 12.1. The molecule has 1 amide bonds. The number of carbonyl (C=O) groups is 1. The first-order valence-corrected chi connectivity index (χ1v) is 12.1. The highest BCUT2D eigenvalue weighted by Crippen LogP contribution is 2.24. The van der Waals surface area contributed by atoms with E-state index >= 15 is 0 Å². The van der Waals surface area contributed by atoms with Gasteiger partial charge in [0.05, 0.1) is 33.0 Å². The van der Waals surface area contributed by atoms with Gasteiger partial charge in [0.15, 0.2) is 6.10 Å². The molecule has 0 radical (unpaired) electrons. The maximum Gasteiger partial charge on any atom is 0.407 e. The van der Waals surface area contributed by atoms with Crippen LogP contribution in [0.5, 0.6) is 0 Å². The number of hydrogen-bond acceptors (Lipinski definition) is 11. The van der Waals surface area contributed by atoms with Crippen LogP contribution in [0.1, 0.15) is 0 Å². The molecule has 12 nitrogen and oxygen atoms in total. The van der Waals surface area contributed by atoms with E-state index in [0.717, 1.165) is 0 Å². The van der Waals surface area contributed by atoms with Gasteiger partial charge >= 0.3 is 6.09 Å². The fourth-order valence-corrected chi connectivity index (χ4v) is 4.11. The van der Waals surface area contributed by atoms with Crippen molar-refractivity contribution in [2.45, 2.75) is 48.8 Å². The van der Waals surface area contributed by atoms with Crippen LogP contribution in [0.3, 0.4) is 0 Å². The Bertz CT molecular complexity index is 638. The molecule has 1 heterocycles. The molecule has 0 spiro atoms. The van der Waals surface area contributed by atoms with Gasteiger partial charge < -0.3 is 52.7 Å². The van der Waals surface area contributed by atoms with Crippen molar-refractivity contribution >= 4 is 6.09 Å². The third kappa shape index (κ3) is 10.6. The largest absolute Gasteiger partial charge is 0.440 e. The topological polar surface area (TPSA) is 121 Å². The highest BCUT2D eigenvalue weighted by atomic mass is 16.6. The highest BCUT2D eigenvalue weighted by Gasteiger charge is 2.44. The molecule has 37 heavy (non-hydrogen) atoms. The van der Waals surface area contributed by atoms with E-state index in [-0.39, 0.29) is 26.4 Å². The monoisotopic (exact) mass is 535 g/mol. The number of hydrogen-bond donors (Lipinski definition) is 1. The third-order valence-corrected chi connectivity index (χ3v) is 6.04. The Morgan fingerprint density at radius 2 is 1.51 bits per heavy atom. The maximum atomic E-state index is 12.9. The number of amides is 1. The highest BCUT2D eigenvalue weighted by molar-refractivity contribution is 5.67. The van der Waals surface area contributed by atoms with E-state index in [1.54, 1.807) is 33.5 Å². The van der Waals surface area contributed by atoms with Crippen molar-refractivity contribution < 1.29 is 52.2 Å². The van der Waals surface area contributed by atoms with Crippen LogP contribution in [0.4, 0.5) is 4.79 Å². The van der Waals surface area contributed by atoms with Crippen LogP contribution < -0.4 is 5.32 Å². The standard InChI is InChI=1S/C25H45NO11/c1-9-11-34-14-18(29-4)22(32-7)21(31-6)17(28-3)13-26-25(27)37-24-20(15-35-12-10-2)36-16-19(30-5)23(24)33-8/h9-10,17-24H,1-2,11-16H2,3-8H3,(H,26,27)/t17-,18+,19-,20+,21+,22+,23+,24+/m0/s1. The molecule has 1 fully saturated rings. The zero-order valence-electron chi connectivity index (χ0n) is 22.9. The van der Waals surface area contributed by atoms with Gasteiger partial charge in [0, 0.05) is 49.2 Å². The van der Waals surface area contributed by atoms with Crippen LogP contribution in [0.15, 0.2) is 25.3 Å². The second-order valence-corrected chi connectivity index (χ2v) is 8.20. The lowest BCUT2D eigenvalue weighted by Crippen LogP contribution is -2.58. The van der Waals surface area contributed by atoms with Crippen LogP contribution in [0.25, 0.3) is 0 Å². The molecule has 8 atom stereocenters. The molecule has 1 aliphatic rings. The zero-order valence-corrected chi connectivity index (χ0v) is 22.9. The lowest BCUT2D eigenvalue weighted by atomic mass is 10.00. The summed E-state index contributed by atoms with van der Waals surface area (Å²) in [5.41, 5.74) is 0. The van der Waals surface area contributed by atoms with E-state index in [0.29, 0.717) is 13.2 Å². The summed E-state index contributed by atoms with van der Waals surface area (Å²) in [5, 5.41) is 2.73. The molecule has 0 unspecified atom stereocenters. The molecule has 12 heteroatoms. The second kappa shape index (κ2) is 19.5. The lowest BCUT2D eigenvalue weighted by molar-refractivity contribution is -0.212. The van der Waals surface area contributed by atoms with Crippen LogP contribution in [0, 0.1) is 0 Å². The maximum absolute atomic E-state index is 12.9.